The molecule has 0 saturated carbocycles. The fourth-order valence-corrected chi connectivity index (χ4v) is 1.99. The largest absolute Gasteiger partial charge is 0.493 e. The van der Waals surface area contributed by atoms with E-state index < -0.39 is 0 Å². The molecule has 5 heteroatoms. The molecular formula is C16H15Cl2NO2. The minimum atomic E-state index is -0.138. The maximum Gasteiger partial charge on any atom is 0.227 e. The molecule has 2 aromatic carbocycles. The number of anilines is 1. The third kappa shape index (κ3) is 4.96. The van der Waals surface area contributed by atoms with Gasteiger partial charge in [0.05, 0.1) is 23.1 Å². The van der Waals surface area contributed by atoms with Crippen molar-refractivity contribution >= 4 is 34.8 Å². The van der Waals surface area contributed by atoms with Crippen molar-refractivity contribution in [2.75, 3.05) is 11.9 Å². The highest BCUT2D eigenvalue weighted by atomic mass is 35.5. The number of hydrogen-bond donors (Lipinski definition) is 1. The first-order valence-electron chi connectivity index (χ1n) is 6.49. The molecule has 2 rings (SSSR count). The van der Waals surface area contributed by atoms with Crippen molar-refractivity contribution in [3.8, 4) is 5.75 Å². The third-order valence-electron chi connectivity index (χ3n) is 2.82. The van der Waals surface area contributed by atoms with Crippen LogP contribution in [0.4, 0.5) is 5.69 Å². The minimum Gasteiger partial charge on any atom is -0.493 e. The van der Waals surface area contributed by atoms with Crippen molar-refractivity contribution < 1.29 is 9.53 Å². The summed E-state index contributed by atoms with van der Waals surface area (Å²) >= 11 is 11.7. The number of amides is 1. The lowest BCUT2D eigenvalue weighted by Crippen LogP contribution is -2.15. The van der Waals surface area contributed by atoms with Gasteiger partial charge < -0.3 is 10.1 Å². The van der Waals surface area contributed by atoms with Crippen molar-refractivity contribution in [3.63, 3.8) is 0 Å². The number of carbonyl (C=O) groups excluding carboxylic acids is 1. The van der Waals surface area contributed by atoms with Crippen LogP contribution in [0.3, 0.4) is 0 Å². The van der Waals surface area contributed by atoms with Gasteiger partial charge in [-0.2, -0.15) is 0 Å². The molecule has 3 nitrogen and oxygen atoms in total. The Balaban J connectivity index is 1.79. The molecule has 0 spiro atoms. The lowest BCUT2D eigenvalue weighted by Gasteiger charge is -2.08. The van der Waals surface area contributed by atoms with Crippen LogP contribution < -0.4 is 10.1 Å². The predicted octanol–water partition coefficient (Wildman–Crippen LogP) is 4.71. The molecule has 110 valence electrons. The summed E-state index contributed by atoms with van der Waals surface area (Å²) < 4.78 is 5.50. The Hall–Kier alpha value is -1.71. The van der Waals surface area contributed by atoms with E-state index in [1.807, 2.05) is 31.2 Å². The molecule has 0 radical (unpaired) electrons. The van der Waals surface area contributed by atoms with E-state index in [2.05, 4.69) is 5.32 Å². The van der Waals surface area contributed by atoms with E-state index in [0.29, 0.717) is 22.3 Å². The van der Waals surface area contributed by atoms with Crippen molar-refractivity contribution in [3.05, 3.63) is 58.1 Å². The molecule has 0 unspecified atom stereocenters. The van der Waals surface area contributed by atoms with Gasteiger partial charge in [-0.25, -0.2) is 0 Å². The van der Waals surface area contributed by atoms with Gasteiger partial charge in [0, 0.05) is 5.69 Å². The Kier molecular flexibility index (Phi) is 5.48. The van der Waals surface area contributed by atoms with E-state index >= 15 is 0 Å². The van der Waals surface area contributed by atoms with E-state index in [1.54, 1.807) is 18.2 Å². The maximum absolute atomic E-state index is 11.8. The fraction of sp³-hybridized carbons (Fsp3) is 0.188. The number of ether oxygens (including phenoxy) is 1. The maximum atomic E-state index is 11.8. The van der Waals surface area contributed by atoms with E-state index in [1.165, 1.54) is 5.56 Å². The highest BCUT2D eigenvalue weighted by molar-refractivity contribution is 6.42. The number of aryl methyl sites for hydroxylation is 1. The second-order valence-electron chi connectivity index (χ2n) is 4.59. The Morgan fingerprint density at radius 3 is 2.48 bits per heavy atom. The molecule has 0 aliphatic carbocycles. The number of halogens is 2. The van der Waals surface area contributed by atoms with Crippen LogP contribution in [0.15, 0.2) is 42.5 Å². The van der Waals surface area contributed by atoms with Crippen LogP contribution in [-0.4, -0.2) is 12.5 Å². The summed E-state index contributed by atoms with van der Waals surface area (Å²) in [6.45, 7) is 2.32. The molecule has 0 heterocycles. The smallest absolute Gasteiger partial charge is 0.227 e. The average molecular weight is 324 g/mol. The molecule has 2 aromatic rings. The van der Waals surface area contributed by atoms with Crippen LogP contribution in [0.5, 0.6) is 5.75 Å². The van der Waals surface area contributed by atoms with Crippen molar-refractivity contribution in [2.24, 2.45) is 0 Å². The van der Waals surface area contributed by atoms with Gasteiger partial charge in [-0.15, -0.1) is 0 Å². The SMILES string of the molecule is Cc1ccc(OCCC(=O)Nc2ccc(Cl)c(Cl)c2)cc1. The summed E-state index contributed by atoms with van der Waals surface area (Å²) in [6.07, 6.45) is 0.258. The average Bonchev–Trinajstić information content (AvgIpc) is 2.45. The van der Waals surface area contributed by atoms with Crippen LogP contribution >= 0.6 is 23.2 Å². The topological polar surface area (TPSA) is 38.3 Å². The second kappa shape index (κ2) is 7.34. The zero-order valence-electron chi connectivity index (χ0n) is 11.5. The van der Waals surface area contributed by atoms with E-state index in [9.17, 15) is 4.79 Å². The van der Waals surface area contributed by atoms with Gasteiger partial charge in [0.1, 0.15) is 5.75 Å². The number of rotatable bonds is 5. The van der Waals surface area contributed by atoms with Gasteiger partial charge in [0.25, 0.3) is 0 Å². The molecule has 0 bridgehead atoms. The Bertz CT molecular complexity index is 627. The summed E-state index contributed by atoms with van der Waals surface area (Å²) in [7, 11) is 0. The van der Waals surface area contributed by atoms with Crippen molar-refractivity contribution in [1.29, 1.82) is 0 Å². The molecule has 0 fully saturated rings. The van der Waals surface area contributed by atoms with Gasteiger partial charge >= 0.3 is 0 Å². The first kappa shape index (κ1) is 15.7. The first-order chi connectivity index (χ1) is 10.0. The zero-order valence-corrected chi connectivity index (χ0v) is 13.0. The van der Waals surface area contributed by atoms with Crippen LogP contribution in [-0.2, 0) is 4.79 Å². The number of nitrogens with one attached hydrogen (secondary N) is 1. The molecule has 0 atom stereocenters. The summed E-state index contributed by atoms with van der Waals surface area (Å²) in [5, 5.41) is 3.61. The normalized spacial score (nSPS) is 10.2. The summed E-state index contributed by atoms with van der Waals surface area (Å²) in [6, 6.07) is 12.6. The standard InChI is InChI=1S/C16H15Cl2NO2/c1-11-2-5-13(6-3-11)21-9-8-16(20)19-12-4-7-14(17)15(18)10-12/h2-7,10H,8-9H2,1H3,(H,19,20). The van der Waals surface area contributed by atoms with Crippen molar-refractivity contribution in [1.82, 2.24) is 0 Å². The molecule has 0 aliphatic heterocycles. The van der Waals surface area contributed by atoms with E-state index in [0.717, 1.165) is 5.75 Å². The summed E-state index contributed by atoms with van der Waals surface area (Å²) in [5.41, 5.74) is 1.78. The quantitative estimate of drug-likeness (QED) is 0.865. The van der Waals surface area contributed by atoms with E-state index in [4.69, 9.17) is 27.9 Å². The third-order valence-corrected chi connectivity index (χ3v) is 3.56. The van der Waals surface area contributed by atoms with Gasteiger partial charge in [0.2, 0.25) is 5.91 Å². The monoisotopic (exact) mass is 323 g/mol. The number of hydrogen-bond acceptors (Lipinski definition) is 2. The minimum absolute atomic E-state index is 0.138. The van der Waals surface area contributed by atoms with Crippen LogP contribution in [0, 0.1) is 6.92 Å². The Morgan fingerprint density at radius 2 is 1.81 bits per heavy atom. The zero-order chi connectivity index (χ0) is 15.2. The highest BCUT2D eigenvalue weighted by Crippen LogP contribution is 2.25. The summed E-state index contributed by atoms with van der Waals surface area (Å²) in [4.78, 5) is 11.8. The van der Waals surface area contributed by atoms with Crippen LogP contribution in [0.1, 0.15) is 12.0 Å². The first-order valence-corrected chi connectivity index (χ1v) is 7.24. The predicted molar refractivity (Wildman–Crippen MR) is 86.4 cm³/mol. The van der Waals surface area contributed by atoms with Gasteiger partial charge in [-0.1, -0.05) is 40.9 Å². The molecule has 1 amide bonds. The Labute approximate surface area is 133 Å². The van der Waals surface area contributed by atoms with Gasteiger partial charge in [-0.05, 0) is 37.3 Å². The van der Waals surface area contributed by atoms with E-state index in [-0.39, 0.29) is 12.3 Å². The molecule has 0 saturated heterocycles. The van der Waals surface area contributed by atoms with Crippen molar-refractivity contribution in [2.45, 2.75) is 13.3 Å². The number of benzene rings is 2. The van der Waals surface area contributed by atoms with Crippen LogP contribution in [0.25, 0.3) is 0 Å². The lowest BCUT2D eigenvalue weighted by atomic mass is 10.2. The molecule has 0 aromatic heterocycles. The van der Waals surface area contributed by atoms with Crippen LogP contribution in [0.2, 0.25) is 10.0 Å². The Morgan fingerprint density at radius 1 is 1.10 bits per heavy atom. The fourth-order valence-electron chi connectivity index (χ4n) is 1.69. The molecule has 1 N–H and O–H groups in total. The second-order valence-corrected chi connectivity index (χ2v) is 5.40. The molecular weight excluding hydrogens is 309 g/mol. The summed E-state index contributed by atoms with van der Waals surface area (Å²) in [5.74, 6) is 0.614. The molecule has 0 aliphatic rings. The molecule has 21 heavy (non-hydrogen) atoms. The van der Waals surface area contributed by atoms with Gasteiger partial charge in [0.15, 0.2) is 0 Å². The lowest BCUT2D eigenvalue weighted by molar-refractivity contribution is -0.116. The number of carbonyl (C=O) groups is 1. The highest BCUT2D eigenvalue weighted by Gasteiger charge is 2.05. The van der Waals surface area contributed by atoms with Gasteiger partial charge in [-0.3, -0.25) is 4.79 Å².